The van der Waals surface area contributed by atoms with E-state index in [-0.39, 0.29) is 18.7 Å². The molecule has 1 amide bonds. The fourth-order valence-corrected chi connectivity index (χ4v) is 2.38. The minimum atomic E-state index is -1.72. The number of carboxylic acid groups (broad SMARTS) is 1. The number of rotatable bonds is 5. The Morgan fingerprint density at radius 3 is 2.26 bits per heavy atom. The van der Waals surface area contributed by atoms with Crippen LogP contribution >= 0.6 is 0 Å². The molecule has 0 spiro atoms. The standard InChI is InChI=1S/C16H23FN2O4/c1-6-16(13(20)21,12-9-8-11(17)10-18-12)19(7-2)14(22)23-15(3,4)5/h8-10H,6-7H2,1-5H3,(H,20,21). The molecule has 1 N–H and O–H groups in total. The van der Waals surface area contributed by atoms with Gasteiger partial charge in [-0.1, -0.05) is 6.92 Å². The third-order valence-electron chi connectivity index (χ3n) is 3.41. The van der Waals surface area contributed by atoms with E-state index < -0.39 is 29.0 Å². The van der Waals surface area contributed by atoms with Gasteiger partial charge in [0, 0.05) is 6.54 Å². The number of hydrogen-bond acceptors (Lipinski definition) is 4. The van der Waals surface area contributed by atoms with Gasteiger partial charge in [0.25, 0.3) is 0 Å². The monoisotopic (exact) mass is 326 g/mol. The molecule has 7 heteroatoms. The van der Waals surface area contributed by atoms with Crippen LogP contribution in [0, 0.1) is 5.82 Å². The summed E-state index contributed by atoms with van der Waals surface area (Å²) in [6.07, 6.45) is 0.245. The molecule has 1 heterocycles. The Hall–Kier alpha value is -2.18. The van der Waals surface area contributed by atoms with Crippen molar-refractivity contribution in [3.05, 3.63) is 29.8 Å². The summed E-state index contributed by atoms with van der Waals surface area (Å²) in [7, 11) is 0. The quantitative estimate of drug-likeness (QED) is 0.899. The van der Waals surface area contributed by atoms with Gasteiger partial charge in [-0.05, 0) is 46.2 Å². The summed E-state index contributed by atoms with van der Waals surface area (Å²) in [4.78, 5) is 29.5. The molecule has 1 rings (SSSR count). The van der Waals surface area contributed by atoms with Gasteiger partial charge in [0.05, 0.1) is 11.9 Å². The maximum Gasteiger partial charge on any atom is 0.411 e. The van der Waals surface area contributed by atoms with Gasteiger partial charge in [-0.25, -0.2) is 14.0 Å². The minimum Gasteiger partial charge on any atom is -0.479 e. The second kappa shape index (κ2) is 6.93. The normalized spacial score (nSPS) is 14.0. The van der Waals surface area contributed by atoms with Crippen molar-refractivity contribution in [2.75, 3.05) is 6.54 Å². The molecule has 0 aliphatic heterocycles. The van der Waals surface area contributed by atoms with Gasteiger partial charge in [-0.2, -0.15) is 0 Å². The van der Waals surface area contributed by atoms with Crippen LogP contribution < -0.4 is 0 Å². The highest BCUT2D eigenvalue weighted by Crippen LogP contribution is 2.33. The Balaban J connectivity index is 3.40. The maximum absolute atomic E-state index is 13.1. The predicted octanol–water partition coefficient (Wildman–Crippen LogP) is 3.17. The number of nitrogens with zero attached hydrogens (tertiary/aromatic N) is 2. The van der Waals surface area contributed by atoms with Crippen LogP contribution in [-0.2, 0) is 15.1 Å². The van der Waals surface area contributed by atoms with Gasteiger partial charge in [-0.15, -0.1) is 0 Å². The summed E-state index contributed by atoms with van der Waals surface area (Å²) in [5.74, 6) is -1.82. The maximum atomic E-state index is 13.1. The number of likely N-dealkylation sites (N-methyl/N-ethyl adjacent to an activating group) is 1. The van der Waals surface area contributed by atoms with Gasteiger partial charge in [0.2, 0.25) is 0 Å². The topological polar surface area (TPSA) is 79.7 Å². The summed E-state index contributed by atoms with van der Waals surface area (Å²) in [6, 6.07) is 2.40. The molecule has 0 fully saturated rings. The molecular formula is C16H23FN2O4. The third-order valence-corrected chi connectivity index (χ3v) is 3.41. The van der Waals surface area contributed by atoms with Gasteiger partial charge in [0.15, 0.2) is 5.54 Å². The zero-order valence-corrected chi connectivity index (χ0v) is 14.1. The average molecular weight is 326 g/mol. The van der Waals surface area contributed by atoms with Crippen LogP contribution in [-0.4, -0.2) is 39.2 Å². The average Bonchev–Trinajstić information content (AvgIpc) is 2.43. The number of pyridine rings is 1. The van der Waals surface area contributed by atoms with E-state index in [0.717, 1.165) is 17.2 Å². The van der Waals surface area contributed by atoms with E-state index in [1.807, 2.05) is 0 Å². The van der Waals surface area contributed by atoms with Gasteiger partial charge in [-0.3, -0.25) is 9.88 Å². The SMILES string of the molecule is CCN(C(=O)OC(C)(C)C)C(CC)(C(=O)O)c1ccc(F)cn1. The van der Waals surface area contributed by atoms with Crippen molar-refractivity contribution < 1.29 is 23.8 Å². The first-order chi connectivity index (χ1) is 10.6. The Bertz CT molecular complexity index is 568. The summed E-state index contributed by atoms with van der Waals surface area (Å²) < 4.78 is 18.4. The largest absolute Gasteiger partial charge is 0.479 e. The zero-order valence-electron chi connectivity index (χ0n) is 14.1. The van der Waals surface area contributed by atoms with Crippen LogP contribution in [0.15, 0.2) is 18.3 Å². The van der Waals surface area contributed by atoms with Crippen LogP contribution in [0.2, 0.25) is 0 Å². The zero-order chi connectivity index (χ0) is 17.8. The van der Waals surface area contributed by atoms with E-state index in [0.29, 0.717) is 0 Å². The number of aromatic nitrogens is 1. The Kier molecular flexibility index (Phi) is 5.69. The van der Waals surface area contributed by atoms with Crippen LogP contribution in [0.5, 0.6) is 0 Å². The molecular weight excluding hydrogens is 303 g/mol. The number of ether oxygens (including phenoxy) is 1. The lowest BCUT2D eigenvalue weighted by Crippen LogP contribution is -2.55. The van der Waals surface area contributed by atoms with Gasteiger partial charge in [0.1, 0.15) is 11.4 Å². The molecule has 1 unspecified atom stereocenters. The second-order valence-electron chi connectivity index (χ2n) is 6.11. The van der Waals surface area contributed by atoms with E-state index in [4.69, 9.17) is 4.74 Å². The van der Waals surface area contributed by atoms with Crippen molar-refractivity contribution in [3.8, 4) is 0 Å². The number of carbonyl (C=O) groups is 2. The number of hydrogen-bond donors (Lipinski definition) is 1. The molecule has 128 valence electrons. The van der Waals surface area contributed by atoms with Crippen molar-refractivity contribution in [2.45, 2.75) is 52.2 Å². The molecule has 23 heavy (non-hydrogen) atoms. The van der Waals surface area contributed by atoms with Crippen LogP contribution in [0.4, 0.5) is 9.18 Å². The second-order valence-corrected chi connectivity index (χ2v) is 6.11. The number of amides is 1. The fraction of sp³-hybridized carbons (Fsp3) is 0.562. The summed E-state index contributed by atoms with van der Waals surface area (Å²) in [5, 5.41) is 9.81. The smallest absolute Gasteiger partial charge is 0.411 e. The molecule has 0 aromatic carbocycles. The van der Waals surface area contributed by atoms with E-state index in [2.05, 4.69) is 4.98 Å². The molecule has 6 nitrogen and oxygen atoms in total. The van der Waals surface area contributed by atoms with E-state index in [9.17, 15) is 19.1 Å². The van der Waals surface area contributed by atoms with Crippen molar-refractivity contribution in [3.63, 3.8) is 0 Å². The lowest BCUT2D eigenvalue weighted by Gasteiger charge is -2.39. The lowest BCUT2D eigenvalue weighted by molar-refractivity contribution is -0.152. The first-order valence-corrected chi connectivity index (χ1v) is 7.44. The number of halogens is 1. The van der Waals surface area contributed by atoms with E-state index in [1.165, 1.54) is 6.07 Å². The first kappa shape index (κ1) is 18.9. The molecule has 0 aliphatic rings. The van der Waals surface area contributed by atoms with Gasteiger partial charge >= 0.3 is 12.1 Å². The van der Waals surface area contributed by atoms with E-state index in [1.54, 1.807) is 34.6 Å². The Labute approximate surface area is 135 Å². The number of carbonyl (C=O) groups excluding carboxylic acids is 1. The molecule has 0 saturated carbocycles. The first-order valence-electron chi connectivity index (χ1n) is 7.44. The number of aliphatic carboxylic acids is 1. The summed E-state index contributed by atoms with van der Waals surface area (Å²) in [5.41, 5.74) is -2.40. The van der Waals surface area contributed by atoms with Crippen molar-refractivity contribution in [1.82, 2.24) is 9.88 Å². The van der Waals surface area contributed by atoms with E-state index >= 15 is 0 Å². The molecule has 0 aliphatic carbocycles. The predicted molar refractivity (Wildman–Crippen MR) is 82.4 cm³/mol. The highest BCUT2D eigenvalue weighted by molar-refractivity contribution is 5.85. The van der Waals surface area contributed by atoms with Crippen LogP contribution in [0.1, 0.15) is 46.7 Å². The minimum absolute atomic E-state index is 0.0635. The molecule has 1 aromatic heterocycles. The molecule has 0 bridgehead atoms. The van der Waals surface area contributed by atoms with Crippen LogP contribution in [0.25, 0.3) is 0 Å². The number of carboxylic acids is 1. The van der Waals surface area contributed by atoms with Crippen molar-refractivity contribution in [1.29, 1.82) is 0 Å². The van der Waals surface area contributed by atoms with Gasteiger partial charge < -0.3 is 9.84 Å². The third kappa shape index (κ3) is 3.97. The highest BCUT2D eigenvalue weighted by atomic mass is 19.1. The molecule has 0 saturated heterocycles. The highest BCUT2D eigenvalue weighted by Gasteiger charge is 2.49. The summed E-state index contributed by atoms with van der Waals surface area (Å²) >= 11 is 0. The molecule has 1 aromatic rings. The fourth-order valence-electron chi connectivity index (χ4n) is 2.38. The molecule has 0 radical (unpaired) electrons. The van der Waals surface area contributed by atoms with Crippen molar-refractivity contribution in [2.24, 2.45) is 0 Å². The summed E-state index contributed by atoms with van der Waals surface area (Å²) in [6.45, 7) is 8.48. The molecule has 1 atom stereocenters. The Morgan fingerprint density at radius 1 is 1.30 bits per heavy atom. The van der Waals surface area contributed by atoms with Crippen molar-refractivity contribution >= 4 is 12.1 Å². The lowest BCUT2D eigenvalue weighted by atomic mass is 9.89. The Morgan fingerprint density at radius 2 is 1.91 bits per heavy atom. The van der Waals surface area contributed by atoms with Crippen LogP contribution in [0.3, 0.4) is 0 Å².